The molecule has 0 N–H and O–H groups in total. The third kappa shape index (κ3) is 34.0. The monoisotopic (exact) mass is 863 g/mol. The molecule has 2 atom stereocenters. The maximum absolute atomic E-state index is 6.32. The van der Waals surface area contributed by atoms with Crippen LogP contribution in [0.15, 0.2) is 0 Å². The van der Waals surface area contributed by atoms with Crippen molar-refractivity contribution in [1.29, 1.82) is 0 Å². The van der Waals surface area contributed by atoms with Crippen molar-refractivity contribution in [3.8, 4) is 0 Å². The van der Waals surface area contributed by atoms with Crippen LogP contribution in [0.2, 0.25) is 0 Å². The van der Waals surface area contributed by atoms with Gasteiger partial charge >= 0.3 is 0 Å². The topological polar surface area (TPSA) is 55.4 Å². The van der Waals surface area contributed by atoms with Crippen molar-refractivity contribution >= 4 is 21.6 Å². The highest BCUT2D eigenvalue weighted by Crippen LogP contribution is 2.38. The predicted molar refractivity (Wildman–Crippen MR) is 257 cm³/mol. The first-order valence-corrected chi connectivity index (χ1v) is 27.9. The Morgan fingerprint density at radius 3 is 0.741 bits per heavy atom. The lowest BCUT2D eigenvalue weighted by Crippen LogP contribution is -2.40. The summed E-state index contributed by atoms with van der Waals surface area (Å²) in [5.41, 5.74) is 0. The fourth-order valence-corrected chi connectivity index (χ4v) is 10.4. The molecule has 0 rings (SSSR count). The van der Waals surface area contributed by atoms with Crippen molar-refractivity contribution in [2.45, 2.75) is 283 Å². The second-order valence-corrected chi connectivity index (χ2v) is 19.7. The number of hydrogen-bond acceptors (Lipinski definition) is 8. The van der Waals surface area contributed by atoms with E-state index in [-0.39, 0.29) is 0 Å². The lowest BCUT2D eigenvalue weighted by molar-refractivity contribution is -0.384. The van der Waals surface area contributed by atoms with Crippen molar-refractivity contribution < 1.29 is 28.4 Å². The van der Waals surface area contributed by atoms with Gasteiger partial charge in [-0.05, 0) is 77.0 Å². The molecule has 350 valence electrons. The van der Waals surface area contributed by atoms with Gasteiger partial charge < -0.3 is 28.4 Å². The van der Waals surface area contributed by atoms with E-state index in [2.05, 4.69) is 77.0 Å². The van der Waals surface area contributed by atoms with Gasteiger partial charge in [0.2, 0.25) is 0 Å². The molecule has 0 heterocycles. The smallest absolute Gasteiger partial charge is 0.282 e. The first-order chi connectivity index (χ1) is 28.4. The molecule has 0 aliphatic heterocycles. The largest absolute Gasteiger partial charge is 0.327 e. The lowest BCUT2D eigenvalue weighted by atomic mass is 10.1. The molecule has 0 aromatic carbocycles. The van der Waals surface area contributed by atoms with Crippen LogP contribution in [0.4, 0.5) is 0 Å². The SMILES string of the molecule is CCCCOC(CCCCCCCCCC(CC)SSC(CC)CCCCCCCCCC(OCCCC)(OCCCC)OCCCC)(OCCCC)OCCCC. The van der Waals surface area contributed by atoms with E-state index < -0.39 is 11.9 Å². The van der Waals surface area contributed by atoms with Crippen LogP contribution < -0.4 is 0 Å². The van der Waals surface area contributed by atoms with Gasteiger partial charge in [-0.3, -0.25) is 0 Å². The minimum Gasteiger partial charge on any atom is -0.327 e. The normalized spacial score (nSPS) is 13.4. The lowest BCUT2D eigenvalue weighted by Gasteiger charge is -2.33. The molecule has 0 spiro atoms. The van der Waals surface area contributed by atoms with Gasteiger partial charge in [-0.15, -0.1) is 0 Å². The number of unbranched alkanes of at least 4 members (excludes halogenated alkanes) is 18. The second-order valence-electron chi connectivity index (χ2n) is 16.9. The van der Waals surface area contributed by atoms with Crippen LogP contribution in [0.1, 0.15) is 261 Å². The maximum atomic E-state index is 6.32. The van der Waals surface area contributed by atoms with Gasteiger partial charge in [0.25, 0.3) is 11.9 Å². The molecule has 8 heteroatoms. The van der Waals surface area contributed by atoms with Crippen LogP contribution in [0.5, 0.6) is 0 Å². The fourth-order valence-electron chi connectivity index (χ4n) is 6.91. The average molecular weight is 863 g/mol. The molecule has 0 fully saturated rings. The summed E-state index contributed by atoms with van der Waals surface area (Å²) in [6.45, 7) is 22.3. The zero-order valence-corrected chi connectivity index (χ0v) is 41.9. The summed E-state index contributed by atoms with van der Waals surface area (Å²) in [7, 11) is 4.40. The Morgan fingerprint density at radius 1 is 0.293 bits per heavy atom. The second kappa shape index (κ2) is 44.1. The van der Waals surface area contributed by atoms with E-state index >= 15 is 0 Å². The highest BCUT2D eigenvalue weighted by atomic mass is 33.1. The van der Waals surface area contributed by atoms with Crippen LogP contribution in [-0.2, 0) is 28.4 Å². The molecule has 0 amide bonds. The molecule has 6 nitrogen and oxygen atoms in total. The Kier molecular flexibility index (Phi) is 44.4. The summed E-state index contributed by atoms with van der Waals surface area (Å²) in [4.78, 5) is 0. The van der Waals surface area contributed by atoms with Crippen LogP contribution >= 0.6 is 21.6 Å². The number of rotatable bonds is 49. The van der Waals surface area contributed by atoms with Gasteiger partial charge in [-0.2, -0.15) is 0 Å². The minimum atomic E-state index is -0.840. The maximum Gasteiger partial charge on any atom is 0.282 e. The summed E-state index contributed by atoms with van der Waals surface area (Å²) in [5.74, 6) is -1.68. The zero-order valence-electron chi connectivity index (χ0n) is 40.3. The van der Waals surface area contributed by atoms with E-state index in [1.807, 2.05) is 0 Å². The average Bonchev–Trinajstić information content (AvgIpc) is 3.23. The molecule has 58 heavy (non-hydrogen) atoms. The first-order valence-electron chi connectivity index (χ1n) is 25.6. The quantitative estimate of drug-likeness (QED) is 0.0341. The third-order valence-electron chi connectivity index (χ3n) is 11.2. The summed E-state index contributed by atoms with van der Waals surface area (Å²) in [6.07, 6.45) is 38.2. The minimum absolute atomic E-state index is 0.716. The molecule has 0 saturated carbocycles. The highest BCUT2D eigenvalue weighted by molar-refractivity contribution is 8.77. The van der Waals surface area contributed by atoms with E-state index in [9.17, 15) is 0 Å². The van der Waals surface area contributed by atoms with Crippen molar-refractivity contribution in [2.75, 3.05) is 39.6 Å². The molecule has 0 aromatic heterocycles. The first kappa shape index (κ1) is 58.5. The summed E-state index contributed by atoms with van der Waals surface area (Å²) >= 11 is 0. The van der Waals surface area contributed by atoms with E-state index in [1.54, 1.807) is 0 Å². The van der Waals surface area contributed by atoms with E-state index in [4.69, 9.17) is 28.4 Å². The molecule has 0 radical (unpaired) electrons. The highest BCUT2D eigenvalue weighted by Gasteiger charge is 2.34. The van der Waals surface area contributed by atoms with Crippen molar-refractivity contribution in [2.24, 2.45) is 0 Å². The van der Waals surface area contributed by atoms with Crippen molar-refractivity contribution in [3.05, 3.63) is 0 Å². The summed E-state index contributed by atoms with van der Waals surface area (Å²) in [5, 5.41) is 1.59. The molecule has 0 aliphatic rings. The van der Waals surface area contributed by atoms with Gasteiger partial charge in [0, 0.05) is 23.3 Å². The Hall–Kier alpha value is 0.460. The Bertz CT molecular complexity index is 687. The molecule has 0 aromatic rings. The molecule has 0 saturated heterocycles. The zero-order chi connectivity index (χ0) is 42.7. The predicted octanol–water partition coefficient (Wildman–Crippen LogP) is 17.2. The van der Waals surface area contributed by atoms with Gasteiger partial charge in [-0.25, -0.2) is 0 Å². The third-order valence-corrected chi connectivity index (χ3v) is 14.9. The van der Waals surface area contributed by atoms with Crippen molar-refractivity contribution in [1.82, 2.24) is 0 Å². The Morgan fingerprint density at radius 2 is 0.517 bits per heavy atom. The Labute approximate surface area is 371 Å². The van der Waals surface area contributed by atoms with E-state index in [0.717, 1.165) is 113 Å². The molecule has 0 bridgehead atoms. The van der Waals surface area contributed by atoms with Gasteiger partial charge in [0.1, 0.15) is 0 Å². The van der Waals surface area contributed by atoms with Gasteiger partial charge in [0.15, 0.2) is 0 Å². The molecule has 2 unspecified atom stereocenters. The van der Waals surface area contributed by atoms with Crippen LogP contribution in [0.25, 0.3) is 0 Å². The van der Waals surface area contributed by atoms with Crippen molar-refractivity contribution in [3.63, 3.8) is 0 Å². The van der Waals surface area contributed by atoms with Crippen LogP contribution in [0.3, 0.4) is 0 Å². The van der Waals surface area contributed by atoms with Crippen LogP contribution in [0, 0.1) is 0 Å². The van der Waals surface area contributed by atoms with E-state index in [0.29, 0.717) is 39.6 Å². The number of hydrogen-bond donors (Lipinski definition) is 0. The fraction of sp³-hybridized carbons (Fsp3) is 1.00. The Balaban J connectivity index is 4.31. The molecular weight excluding hydrogens is 761 g/mol. The standard InChI is InChI=1S/C50H102O6S2/c1-9-17-41-51-49(52-42-18-10-2,53-43-19-11-3)39-35-31-27-23-25-29-33-37-47(15-7)57-58-48(16-8)38-34-30-26-24-28-32-36-40-50(54-44-20-12-4,55-45-21-13-5)56-46-22-14-6/h47-48H,9-46H2,1-8H3. The number of ether oxygens (including phenoxy) is 6. The summed E-state index contributed by atoms with van der Waals surface area (Å²) < 4.78 is 37.9. The van der Waals surface area contributed by atoms with Crippen LogP contribution in [-0.4, -0.2) is 62.1 Å². The summed E-state index contributed by atoms with van der Waals surface area (Å²) in [6, 6.07) is 0. The van der Waals surface area contributed by atoms with Gasteiger partial charge in [0.05, 0.1) is 39.6 Å². The van der Waals surface area contributed by atoms with E-state index in [1.165, 1.54) is 103 Å². The van der Waals surface area contributed by atoms with Gasteiger partial charge in [-0.1, -0.05) is 193 Å². The molecular formula is C50H102O6S2. The molecule has 0 aliphatic carbocycles.